The van der Waals surface area contributed by atoms with Crippen molar-refractivity contribution in [2.45, 2.75) is 6.54 Å². The fourth-order valence-electron chi connectivity index (χ4n) is 2.98. The highest BCUT2D eigenvalue weighted by molar-refractivity contribution is 5.80. The number of hydrogen-bond donors (Lipinski definition) is 0. The molecule has 4 rings (SSSR count). The molecule has 1 aromatic heterocycles. The Kier molecular flexibility index (Phi) is 3.75. The first kappa shape index (κ1) is 15.1. The van der Waals surface area contributed by atoms with Crippen LogP contribution in [0.2, 0.25) is 0 Å². The van der Waals surface area contributed by atoms with Gasteiger partial charge in [-0.1, -0.05) is 24.3 Å². The molecule has 0 aliphatic carbocycles. The molecule has 0 aliphatic rings. The first-order valence-corrected chi connectivity index (χ1v) is 7.95. The Hall–Kier alpha value is -3.45. The van der Waals surface area contributed by atoms with Crippen LogP contribution in [0.1, 0.15) is 11.1 Å². The van der Waals surface area contributed by atoms with E-state index in [-0.39, 0.29) is 5.82 Å². The summed E-state index contributed by atoms with van der Waals surface area (Å²) in [7, 11) is 0. The molecule has 0 fully saturated rings. The van der Waals surface area contributed by atoms with Crippen LogP contribution in [-0.2, 0) is 6.54 Å². The Bertz CT molecular complexity index is 1090. The van der Waals surface area contributed by atoms with Crippen molar-refractivity contribution < 1.29 is 4.39 Å². The fraction of sp³-hybridized carbons (Fsp3) is 0.0476. The van der Waals surface area contributed by atoms with Crippen molar-refractivity contribution in [2.24, 2.45) is 0 Å². The fourth-order valence-corrected chi connectivity index (χ4v) is 2.98. The molecule has 1 heterocycles. The quantitative estimate of drug-likeness (QED) is 0.544. The largest absolute Gasteiger partial charge is 0.319 e. The van der Waals surface area contributed by atoms with Crippen molar-refractivity contribution >= 4 is 11.0 Å². The number of para-hydroxylation sites is 2. The zero-order valence-electron chi connectivity index (χ0n) is 13.4. The van der Waals surface area contributed by atoms with Gasteiger partial charge in [0.1, 0.15) is 11.6 Å². The van der Waals surface area contributed by atoms with Gasteiger partial charge in [-0.15, -0.1) is 0 Å². The lowest BCUT2D eigenvalue weighted by molar-refractivity contribution is 0.628. The van der Waals surface area contributed by atoms with E-state index in [2.05, 4.69) is 10.6 Å². The minimum atomic E-state index is -0.270. The third-order valence-corrected chi connectivity index (χ3v) is 4.15. The third-order valence-electron chi connectivity index (χ3n) is 4.15. The van der Waals surface area contributed by atoms with Crippen molar-refractivity contribution in [3.63, 3.8) is 0 Å². The Morgan fingerprint density at radius 2 is 1.76 bits per heavy atom. The van der Waals surface area contributed by atoms with Gasteiger partial charge >= 0.3 is 0 Å². The molecule has 0 aliphatic heterocycles. The Labute approximate surface area is 144 Å². The van der Waals surface area contributed by atoms with Crippen LogP contribution in [0, 0.1) is 17.1 Å². The van der Waals surface area contributed by atoms with E-state index in [1.54, 1.807) is 18.2 Å². The number of benzene rings is 3. The molecule has 0 atom stereocenters. The summed E-state index contributed by atoms with van der Waals surface area (Å²) in [5, 5.41) is 9.11. The summed E-state index contributed by atoms with van der Waals surface area (Å²) in [6.45, 7) is 0.586. The molecular formula is C21H14FN3. The van der Waals surface area contributed by atoms with Gasteiger partial charge < -0.3 is 4.57 Å². The van der Waals surface area contributed by atoms with Crippen LogP contribution in [-0.4, -0.2) is 9.55 Å². The van der Waals surface area contributed by atoms with E-state index >= 15 is 0 Å². The first-order chi connectivity index (χ1) is 12.2. The minimum Gasteiger partial charge on any atom is -0.319 e. The van der Waals surface area contributed by atoms with E-state index < -0.39 is 0 Å². The number of imidazole rings is 1. The topological polar surface area (TPSA) is 41.6 Å². The molecule has 0 spiro atoms. The molecule has 3 aromatic carbocycles. The maximum absolute atomic E-state index is 13.3. The smallest absolute Gasteiger partial charge is 0.141 e. The van der Waals surface area contributed by atoms with E-state index in [1.165, 1.54) is 12.1 Å². The average Bonchev–Trinajstić information content (AvgIpc) is 3.01. The number of nitrogens with zero attached hydrogens (tertiary/aromatic N) is 3. The van der Waals surface area contributed by atoms with Crippen molar-refractivity contribution in [3.05, 3.63) is 89.7 Å². The van der Waals surface area contributed by atoms with Crippen LogP contribution >= 0.6 is 0 Å². The van der Waals surface area contributed by atoms with Gasteiger partial charge in [0.25, 0.3) is 0 Å². The van der Waals surface area contributed by atoms with Gasteiger partial charge in [0.15, 0.2) is 0 Å². The molecule has 0 saturated carbocycles. The predicted molar refractivity (Wildman–Crippen MR) is 95.4 cm³/mol. The highest BCUT2D eigenvalue weighted by Gasteiger charge is 2.13. The van der Waals surface area contributed by atoms with Crippen molar-refractivity contribution in [1.82, 2.24) is 9.55 Å². The number of rotatable bonds is 3. The molecule has 120 valence electrons. The lowest BCUT2D eigenvalue weighted by atomic mass is 10.1. The average molecular weight is 327 g/mol. The lowest BCUT2D eigenvalue weighted by Crippen LogP contribution is -2.02. The summed E-state index contributed by atoms with van der Waals surface area (Å²) >= 11 is 0. The molecule has 25 heavy (non-hydrogen) atoms. The number of hydrogen-bond acceptors (Lipinski definition) is 2. The van der Waals surface area contributed by atoms with Crippen LogP contribution in [0.25, 0.3) is 22.4 Å². The van der Waals surface area contributed by atoms with E-state index in [1.807, 2.05) is 42.5 Å². The molecule has 3 nitrogen and oxygen atoms in total. The van der Waals surface area contributed by atoms with Crippen LogP contribution < -0.4 is 0 Å². The van der Waals surface area contributed by atoms with Crippen molar-refractivity contribution in [3.8, 4) is 17.5 Å². The predicted octanol–water partition coefficient (Wildman–Crippen LogP) is 4.76. The monoisotopic (exact) mass is 327 g/mol. The zero-order valence-corrected chi connectivity index (χ0v) is 13.4. The van der Waals surface area contributed by atoms with Gasteiger partial charge in [-0.2, -0.15) is 5.26 Å². The summed E-state index contributed by atoms with van der Waals surface area (Å²) in [5.74, 6) is 0.511. The highest BCUT2D eigenvalue weighted by atomic mass is 19.1. The zero-order chi connectivity index (χ0) is 17.2. The Morgan fingerprint density at radius 3 is 2.56 bits per heavy atom. The normalized spacial score (nSPS) is 10.7. The number of nitriles is 1. The second-order valence-electron chi connectivity index (χ2n) is 5.83. The third kappa shape index (κ3) is 2.88. The summed E-state index contributed by atoms with van der Waals surface area (Å²) in [6.07, 6.45) is 0. The van der Waals surface area contributed by atoms with Crippen molar-refractivity contribution in [1.29, 1.82) is 5.26 Å². The van der Waals surface area contributed by atoms with Crippen molar-refractivity contribution in [2.75, 3.05) is 0 Å². The van der Waals surface area contributed by atoms with Gasteiger partial charge in [0, 0.05) is 12.1 Å². The summed E-state index contributed by atoms with van der Waals surface area (Å²) < 4.78 is 15.4. The standard InChI is InChI=1S/C21H14FN3/c22-18-10-8-17(9-11-18)21-24-19-6-1-2-7-20(19)25(21)14-16-5-3-4-15(12-16)13-23/h1-12H,14H2. The van der Waals surface area contributed by atoms with E-state index in [0.29, 0.717) is 12.1 Å². The molecule has 4 aromatic rings. The van der Waals surface area contributed by atoms with Gasteiger partial charge in [-0.05, 0) is 54.1 Å². The van der Waals surface area contributed by atoms with E-state index in [4.69, 9.17) is 10.2 Å². The van der Waals surface area contributed by atoms with Gasteiger partial charge in [0.05, 0.1) is 22.7 Å². The molecule has 0 radical (unpaired) electrons. The Morgan fingerprint density at radius 1 is 0.960 bits per heavy atom. The molecule has 0 unspecified atom stereocenters. The second-order valence-corrected chi connectivity index (χ2v) is 5.83. The molecule has 0 saturated heterocycles. The lowest BCUT2D eigenvalue weighted by Gasteiger charge is -2.10. The summed E-state index contributed by atoms with van der Waals surface area (Å²) in [6, 6.07) is 24.0. The van der Waals surface area contributed by atoms with Gasteiger partial charge in [-0.3, -0.25) is 0 Å². The highest BCUT2D eigenvalue weighted by Crippen LogP contribution is 2.26. The van der Waals surface area contributed by atoms with Crippen LogP contribution in [0.3, 0.4) is 0 Å². The van der Waals surface area contributed by atoms with Crippen LogP contribution in [0.5, 0.6) is 0 Å². The molecule has 4 heteroatoms. The van der Waals surface area contributed by atoms with Gasteiger partial charge in [-0.25, -0.2) is 9.37 Å². The number of fused-ring (bicyclic) bond motifs is 1. The van der Waals surface area contributed by atoms with E-state index in [9.17, 15) is 4.39 Å². The molecule has 0 amide bonds. The number of halogens is 1. The first-order valence-electron chi connectivity index (χ1n) is 7.95. The van der Waals surface area contributed by atoms with E-state index in [0.717, 1.165) is 28.0 Å². The molecular weight excluding hydrogens is 313 g/mol. The Balaban J connectivity index is 1.87. The second kappa shape index (κ2) is 6.21. The molecule has 0 bridgehead atoms. The maximum Gasteiger partial charge on any atom is 0.141 e. The molecule has 0 N–H and O–H groups in total. The summed E-state index contributed by atoms with van der Waals surface area (Å²) in [4.78, 5) is 4.73. The summed E-state index contributed by atoms with van der Waals surface area (Å²) in [5.41, 5.74) is 4.40. The minimum absolute atomic E-state index is 0.270. The van der Waals surface area contributed by atoms with Crippen LogP contribution in [0.4, 0.5) is 4.39 Å². The number of aromatic nitrogens is 2. The van der Waals surface area contributed by atoms with Gasteiger partial charge in [0.2, 0.25) is 0 Å². The maximum atomic E-state index is 13.3. The SMILES string of the molecule is N#Cc1cccc(Cn2c(-c3ccc(F)cc3)nc3ccccc32)c1. The van der Waals surface area contributed by atoms with Crippen LogP contribution in [0.15, 0.2) is 72.8 Å².